The van der Waals surface area contributed by atoms with Gasteiger partial charge >= 0.3 is 0 Å². The highest BCUT2D eigenvalue weighted by molar-refractivity contribution is 5.91. The summed E-state index contributed by atoms with van der Waals surface area (Å²) in [6.45, 7) is 7.67. The van der Waals surface area contributed by atoms with Gasteiger partial charge in [-0.2, -0.15) is 0 Å². The van der Waals surface area contributed by atoms with Crippen molar-refractivity contribution in [2.24, 2.45) is 5.92 Å². The smallest absolute Gasteiger partial charge is 0.249 e. The van der Waals surface area contributed by atoms with Gasteiger partial charge in [-0.15, -0.1) is 0 Å². The molecule has 0 spiro atoms. The predicted molar refractivity (Wildman–Crippen MR) is 129 cm³/mol. The highest BCUT2D eigenvalue weighted by Crippen LogP contribution is 2.30. The summed E-state index contributed by atoms with van der Waals surface area (Å²) in [5.74, 6) is 1.70. The zero-order valence-electron chi connectivity index (χ0n) is 19.1. The number of hydrogen-bond donors (Lipinski definition) is 2. The van der Waals surface area contributed by atoms with Crippen molar-refractivity contribution in [3.63, 3.8) is 0 Å². The van der Waals surface area contributed by atoms with Crippen LogP contribution in [0.2, 0.25) is 0 Å². The van der Waals surface area contributed by atoms with Gasteiger partial charge in [0, 0.05) is 30.1 Å². The fourth-order valence-corrected chi connectivity index (χ4v) is 4.27. The number of benzene rings is 2. The van der Waals surface area contributed by atoms with Crippen molar-refractivity contribution in [3.8, 4) is 11.4 Å². The lowest BCUT2D eigenvalue weighted by molar-refractivity contribution is -0.130. The summed E-state index contributed by atoms with van der Waals surface area (Å²) in [5.41, 5.74) is 3.11. The molecule has 0 aliphatic carbocycles. The van der Waals surface area contributed by atoms with E-state index < -0.39 is 6.10 Å². The van der Waals surface area contributed by atoms with Crippen molar-refractivity contribution in [3.05, 3.63) is 54.1 Å². The van der Waals surface area contributed by atoms with E-state index in [9.17, 15) is 9.90 Å². The number of rotatable bonds is 6. The SMILES string of the molecule is Cc1ccc2c(N3CCC(NC(=O)C(O)CC(C)C)CC3)nc(-c3ccccc3)nc2c1. The molecule has 32 heavy (non-hydrogen) atoms. The number of nitrogens with zero attached hydrogens (tertiary/aromatic N) is 3. The molecule has 168 valence electrons. The first-order chi connectivity index (χ1) is 15.4. The number of piperidine rings is 1. The normalized spacial score (nSPS) is 15.8. The molecule has 1 aliphatic rings. The number of nitrogens with one attached hydrogen (secondary N) is 1. The Labute approximate surface area is 189 Å². The van der Waals surface area contributed by atoms with Gasteiger partial charge < -0.3 is 15.3 Å². The Morgan fingerprint density at radius 1 is 1.12 bits per heavy atom. The molecule has 1 saturated heterocycles. The predicted octanol–water partition coefficient (Wildman–Crippen LogP) is 4.10. The van der Waals surface area contributed by atoms with Gasteiger partial charge in [-0.25, -0.2) is 9.97 Å². The van der Waals surface area contributed by atoms with Crippen LogP contribution in [0, 0.1) is 12.8 Å². The number of anilines is 1. The largest absolute Gasteiger partial charge is 0.383 e. The van der Waals surface area contributed by atoms with Crippen molar-refractivity contribution in [2.75, 3.05) is 18.0 Å². The molecule has 1 aromatic heterocycles. The van der Waals surface area contributed by atoms with Crippen molar-refractivity contribution >= 4 is 22.6 Å². The average molecular weight is 433 g/mol. The second-order valence-electron chi connectivity index (χ2n) is 9.17. The second-order valence-corrected chi connectivity index (χ2v) is 9.17. The Morgan fingerprint density at radius 2 is 1.84 bits per heavy atom. The molecule has 2 N–H and O–H groups in total. The van der Waals surface area contributed by atoms with Crippen LogP contribution < -0.4 is 10.2 Å². The quantitative estimate of drug-likeness (QED) is 0.613. The number of carbonyl (C=O) groups excluding carboxylic acids is 1. The number of carbonyl (C=O) groups is 1. The van der Waals surface area contributed by atoms with Crippen molar-refractivity contribution in [2.45, 2.75) is 52.2 Å². The van der Waals surface area contributed by atoms with Crippen molar-refractivity contribution in [1.82, 2.24) is 15.3 Å². The summed E-state index contributed by atoms with van der Waals surface area (Å²) >= 11 is 0. The topological polar surface area (TPSA) is 78.4 Å². The van der Waals surface area contributed by atoms with Gasteiger partial charge in [-0.3, -0.25) is 4.79 Å². The molecule has 1 unspecified atom stereocenters. The van der Waals surface area contributed by atoms with E-state index in [-0.39, 0.29) is 17.9 Å². The molecule has 0 bridgehead atoms. The van der Waals surface area contributed by atoms with Crippen LogP contribution in [-0.4, -0.2) is 46.2 Å². The Morgan fingerprint density at radius 3 is 2.53 bits per heavy atom. The van der Waals surface area contributed by atoms with Gasteiger partial charge in [0.1, 0.15) is 11.9 Å². The number of hydrogen-bond acceptors (Lipinski definition) is 5. The lowest BCUT2D eigenvalue weighted by Gasteiger charge is -2.34. The Hall–Kier alpha value is -2.99. The maximum absolute atomic E-state index is 12.3. The fourth-order valence-electron chi connectivity index (χ4n) is 4.27. The van der Waals surface area contributed by atoms with Gasteiger partial charge in [0.25, 0.3) is 0 Å². The van der Waals surface area contributed by atoms with Crippen molar-refractivity contribution in [1.29, 1.82) is 0 Å². The highest BCUT2D eigenvalue weighted by atomic mass is 16.3. The minimum absolute atomic E-state index is 0.0736. The molecule has 1 atom stereocenters. The van der Waals surface area contributed by atoms with E-state index in [4.69, 9.17) is 9.97 Å². The van der Waals surface area contributed by atoms with Gasteiger partial charge in [0.2, 0.25) is 5.91 Å². The van der Waals surface area contributed by atoms with Gasteiger partial charge in [-0.05, 0) is 49.8 Å². The number of aliphatic hydroxyl groups is 1. The van der Waals surface area contributed by atoms with Crippen LogP contribution in [0.5, 0.6) is 0 Å². The molecule has 1 amide bonds. The molecular formula is C26H32N4O2. The van der Waals surface area contributed by atoms with E-state index in [0.29, 0.717) is 6.42 Å². The minimum atomic E-state index is -0.935. The molecule has 0 saturated carbocycles. The van der Waals surface area contributed by atoms with Crippen LogP contribution in [-0.2, 0) is 4.79 Å². The standard InChI is InChI=1S/C26H32N4O2/c1-17(2)15-23(31)26(32)27-20-11-13-30(14-12-20)25-21-10-9-18(3)16-22(21)28-24(29-25)19-7-5-4-6-8-19/h4-10,16-17,20,23,31H,11-15H2,1-3H3,(H,27,32). The van der Waals surface area contributed by atoms with E-state index >= 15 is 0 Å². The molecule has 2 aromatic carbocycles. The number of amides is 1. The van der Waals surface area contributed by atoms with Crippen LogP contribution in [0.1, 0.15) is 38.7 Å². The third kappa shape index (κ3) is 5.07. The van der Waals surface area contributed by atoms with E-state index in [1.165, 1.54) is 5.56 Å². The maximum atomic E-state index is 12.3. The molecule has 6 heteroatoms. The van der Waals surface area contributed by atoms with Crippen LogP contribution in [0.15, 0.2) is 48.5 Å². The molecular weight excluding hydrogens is 400 g/mol. The third-order valence-corrected chi connectivity index (χ3v) is 6.00. The molecule has 1 fully saturated rings. The molecule has 2 heterocycles. The summed E-state index contributed by atoms with van der Waals surface area (Å²) in [4.78, 5) is 24.4. The Balaban J connectivity index is 1.53. The van der Waals surface area contributed by atoms with E-state index in [0.717, 1.165) is 54.0 Å². The van der Waals surface area contributed by atoms with Gasteiger partial charge in [0.15, 0.2) is 5.82 Å². The lowest BCUT2D eigenvalue weighted by Crippen LogP contribution is -2.48. The highest BCUT2D eigenvalue weighted by Gasteiger charge is 2.26. The molecule has 1 aliphatic heterocycles. The number of aliphatic hydroxyl groups excluding tert-OH is 1. The van der Waals surface area contributed by atoms with Gasteiger partial charge in [0.05, 0.1) is 5.52 Å². The number of aromatic nitrogens is 2. The Bertz CT molecular complexity index is 1080. The zero-order valence-corrected chi connectivity index (χ0v) is 19.1. The maximum Gasteiger partial charge on any atom is 0.249 e. The van der Waals surface area contributed by atoms with Gasteiger partial charge in [-0.1, -0.05) is 50.2 Å². The van der Waals surface area contributed by atoms with Crippen molar-refractivity contribution < 1.29 is 9.90 Å². The zero-order chi connectivity index (χ0) is 22.7. The molecule has 4 rings (SSSR count). The first-order valence-electron chi connectivity index (χ1n) is 11.5. The molecule has 6 nitrogen and oxygen atoms in total. The molecule has 3 aromatic rings. The summed E-state index contributed by atoms with van der Waals surface area (Å²) in [7, 11) is 0. The monoisotopic (exact) mass is 432 g/mol. The number of aryl methyl sites for hydroxylation is 1. The lowest BCUT2D eigenvalue weighted by atomic mass is 10.0. The number of fused-ring (bicyclic) bond motifs is 1. The first-order valence-corrected chi connectivity index (χ1v) is 11.5. The van der Waals surface area contributed by atoms with Crippen LogP contribution in [0.25, 0.3) is 22.3 Å². The second kappa shape index (κ2) is 9.65. The average Bonchev–Trinajstić information content (AvgIpc) is 2.78. The van der Waals surface area contributed by atoms with E-state index in [2.05, 4.69) is 35.3 Å². The minimum Gasteiger partial charge on any atom is -0.383 e. The summed E-state index contributed by atoms with van der Waals surface area (Å²) in [5, 5.41) is 14.2. The Kier molecular flexibility index (Phi) is 6.70. The van der Waals surface area contributed by atoms with E-state index in [1.54, 1.807) is 0 Å². The fraction of sp³-hybridized carbons (Fsp3) is 0.423. The summed E-state index contributed by atoms with van der Waals surface area (Å²) < 4.78 is 0. The van der Waals surface area contributed by atoms with Crippen LogP contribution >= 0.6 is 0 Å². The third-order valence-electron chi connectivity index (χ3n) is 6.00. The van der Waals surface area contributed by atoms with E-state index in [1.807, 2.05) is 44.2 Å². The van der Waals surface area contributed by atoms with Crippen LogP contribution in [0.4, 0.5) is 5.82 Å². The summed E-state index contributed by atoms with van der Waals surface area (Å²) in [6, 6.07) is 16.4. The molecule has 0 radical (unpaired) electrons. The summed E-state index contributed by atoms with van der Waals surface area (Å²) in [6.07, 6.45) is 1.19. The first kappa shape index (κ1) is 22.2. The van der Waals surface area contributed by atoms with Crippen LogP contribution in [0.3, 0.4) is 0 Å².